The number of hydrogen-bond acceptors (Lipinski definition) is 2. The number of benzene rings is 2. The first-order valence-electron chi connectivity index (χ1n) is 6.28. The maximum atomic E-state index is 11.4. The van der Waals surface area contributed by atoms with Crippen LogP contribution in [-0.2, 0) is 11.2 Å². The molecule has 0 aliphatic carbocycles. The number of carbonyl (C=O) groups is 1. The number of amides is 1. The predicted octanol–water partition coefficient (Wildman–Crippen LogP) is 4.19. The molecule has 2 aromatic carbocycles. The Morgan fingerprint density at radius 3 is 2.48 bits per heavy atom. The Morgan fingerprint density at radius 2 is 1.76 bits per heavy atom. The molecule has 0 saturated carbocycles. The van der Waals surface area contributed by atoms with Gasteiger partial charge < -0.3 is 11.1 Å². The molecular weight excluding hydrogens is 331 g/mol. The van der Waals surface area contributed by atoms with Crippen LogP contribution in [0, 0.1) is 0 Å². The maximum Gasteiger partial charge on any atom is 0.228 e. The number of nitrogens with two attached hydrogens (primary N) is 1. The molecule has 1 heterocycles. The number of hydrogen-bond donors (Lipinski definition) is 2. The van der Waals surface area contributed by atoms with Gasteiger partial charge in [0.05, 0.1) is 12.5 Å². The summed E-state index contributed by atoms with van der Waals surface area (Å²) in [6, 6.07) is 8.25. The average molecular weight is 342 g/mol. The van der Waals surface area contributed by atoms with Crippen LogP contribution < -0.4 is 11.1 Å². The molecule has 0 aromatic heterocycles. The quantitative estimate of drug-likeness (QED) is 0.860. The zero-order valence-electron chi connectivity index (χ0n) is 10.8. The third kappa shape index (κ3) is 2.74. The van der Waals surface area contributed by atoms with E-state index in [1.165, 1.54) is 0 Å². The molecule has 6 heteroatoms. The molecule has 1 unspecified atom stereocenters. The van der Waals surface area contributed by atoms with Crippen LogP contribution in [0.15, 0.2) is 30.3 Å². The average Bonchev–Trinajstić information content (AvgIpc) is 2.76. The first-order chi connectivity index (χ1) is 9.95. The molecule has 0 saturated heterocycles. The molecule has 0 radical (unpaired) electrons. The highest BCUT2D eigenvalue weighted by Gasteiger charge is 2.23. The van der Waals surface area contributed by atoms with E-state index in [4.69, 9.17) is 40.5 Å². The lowest BCUT2D eigenvalue weighted by atomic mass is 9.97. The van der Waals surface area contributed by atoms with Crippen LogP contribution in [-0.4, -0.2) is 5.91 Å². The summed E-state index contributed by atoms with van der Waals surface area (Å²) in [5.41, 5.74) is 9.38. The van der Waals surface area contributed by atoms with Gasteiger partial charge in [0.1, 0.15) is 0 Å². The van der Waals surface area contributed by atoms with E-state index in [2.05, 4.69) is 5.32 Å². The van der Waals surface area contributed by atoms with Crippen LogP contribution in [0.1, 0.15) is 22.7 Å². The smallest absolute Gasteiger partial charge is 0.228 e. The lowest BCUT2D eigenvalue weighted by molar-refractivity contribution is -0.115. The van der Waals surface area contributed by atoms with Gasteiger partial charge in [-0.1, -0.05) is 40.9 Å². The summed E-state index contributed by atoms with van der Waals surface area (Å²) in [6.45, 7) is 0. The van der Waals surface area contributed by atoms with Crippen molar-refractivity contribution in [1.29, 1.82) is 0 Å². The molecule has 2 aromatic rings. The third-order valence-corrected chi connectivity index (χ3v) is 4.37. The van der Waals surface area contributed by atoms with Gasteiger partial charge in [-0.25, -0.2) is 0 Å². The molecule has 21 heavy (non-hydrogen) atoms. The summed E-state index contributed by atoms with van der Waals surface area (Å²) < 4.78 is 0. The minimum atomic E-state index is -0.483. The number of halogens is 3. The predicted molar refractivity (Wildman–Crippen MR) is 86.3 cm³/mol. The number of rotatable bonds is 2. The molecule has 3 nitrogen and oxygen atoms in total. The van der Waals surface area contributed by atoms with E-state index in [0.29, 0.717) is 21.5 Å². The van der Waals surface area contributed by atoms with Crippen LogP contribution in [0.4, 0.5) is 5.69 Å². The van der Waals surface area contributed by atoms with E-state index < -0.39 is 6.04 Å². The monoisotopic (exact) mass is 340 g/mol. The topological polar surface area (TPSA) is 55.1 Å². The molecule has 0 fully saturated rings. The Hall–Kier alpha value is -1.26. The molecule has 1 amide bonds. The summed E-state index contributed by atoms with van der Waals surface area (Å²) in [6.07, 6.45) is 0.334. The van der Waals surface area contributed by atoms with Crippen LogP contribution >= 0.6 is 34.8 Å². The highest BCUT2D eigenvalue weighted by molar-refractivity contribution is 6.35. The van der Waals surface area contributed by atoms with E-state index in [1.807, 2.05) is 6.07 Å². The lowest BCUT2D eigenvalue weighted by Crippen LogP contribution is -2.13. The van der Waals surface area contributed by atoms with Crippen molar-refractivity contribution in [3.8, 4) is 0 Å². The Kier molecular flexibility index (Phi) is 3.84. The van der Waals surface area contributed by atoms with Crippen molar-refractivity contribution in [3.05, 3.63) is 62.1 Å². The molecular formula is C15H11Cl3N2O. The Bertz CT molecular complexity index is 746. The Balaban J connectivity index is 2.04. The van der Waals surface area contributed by atoms with Crippen molar-refractivity contribution in [2.45, 2.75) is 12.5 Å². The summed E-state index contributed by atoms with van der Waals surface area (Å²) in [7, 11) is 0. The van der Waals surface area contributed by atoms with E-state index in [1.54, 1.807) is 24.3 Å². The number of fused-ring (bicyclic) bond motifs is 1. The summed E-state index contributed by atoms with van der Waals surface area (Å²) >= 11 is 18.4. The fourth-order valence-corrected chi connectivity index (χ4v) is 3.23. The molecule has 1 atom stereocenters. The van der Waals surface area contributed by atoms with E-state index >= 15 is 0 Å². The Morgan fingerprint density at radius 1 is 1.05 bits per heavy atom. The van der Waals surface area contributed by atoms with Crippen molar-refractivity contribution < 1.29 is 4.79 Å². The summed E-state index contributed by atoms with van der Waals surface area (Å²) in [5, 5.41) is 4.28. The SMILES string of the molecule is NC(c1ccc(Cl)cc1Cl)c1cc2c(cc1Cl)NC(=O)C2. The van der Waals surface area contributed by atoms with Gasteiger partial charge in [-0.15, -0.1) is 0 Å². The zero-order valence-corrected chi connectivity index (χ0v) is 13.1. The Labute approximate surface area is 137 Å². The standard InChI is InChI=1S/C15H11Cl3N2O/c16-8-1-2-9(11(17)5-8)15(19)10-3-7-4-14(21)20-13(7)6-12(10)18/h1-3,5-6,15H,4,19H2,(H,20,21). The van der Waals surface area contributed by atoms with Crippen LogP contribution in [0.25, 0.3) is 0 Å². The van der Waals surface area contributed by atoms with Crippen molar-refractivity contribution in [1.82, 2.24) is 0 Å². The fourth-order valence-electron chi connectivity index (χ4n) is 2.43. The minimum Gasteiger partial charge on any atom is -0.325 e. The van der Waals surface area contributed by atoms with Crippen LogP contribution in [0.3, 0.4) is 0 Å². The zero-order chi connectivity index (χ0) is 15.1. The highest BCUT2D eigenvalue weighted by atomic mass is 35.5. The number of carbonyl (C=O) groups excluding carboxylic acids is 1. The second-order valence-electron chi connectivity index (χ2n) is 4.90. The largest absolute Gasteiger partial charge is 0.325 e. The third-order valence-electron chi connectivity index (χ3n) is 3.48. The van der Waals surface area contributed by atoms with Crippen molar-refractivity contribution in [2.24, 2.45) is 5.73 Å². The van der Waals surface area contributed by atoms with Gasteiger partial charge in [0.25, 0.3) is 0 Å². The van der Waals surface area contributed by atoms with E-state index in [-0.39, 0.29) is 5.91 Å². The van der Waals surface area contributed by atoms with Crippen molar-refractivity contribution in [3.63, 3.8) is 0 Å². The first-order valence-corrected chi connectivity index (χ1v) is 7.42. The number of anilines is 1. The summed E-state index contributed by atoms with van der Waals surface area (Å²) in [5.74, 6) is -0.0451. The maximum absolute atomic E-state index is 11.4. The van der Waals surface area contributed by atoms with Crippen LogP contribution in [0.5, 0.6) is 0 Å². The van der Waals surface area contributed by atoms with Gasteiger partial charge in [-0.2, -0.15) is 0 Å². The molecule has 3 N–H and O–H groups in total. The molecule has 1 aliphatic rings. The molecule has 0 bridgehead atoms. The first kappa shape index (κ1) is 14.7. The van der Waals surface area contributed by atoms with Gasteiger partial charge in [0.15, 0.2) is 0 Å². The van der Waals surface area contributed by atoms with Gasteiger partial charge in [-0.05, 0) is 41.0 Å². The van der Waals surface area contributed by atoms with Gasteiger partial charge in [-0.3, -0.25) is 4.79 Å². The highest BCUT2D eigenvalue weighted by Crippen LogP contribution is 2.36. The van der Waals surface area contributed by atoms with Crippen molar-refractivity contribution >= 4 is 46.4 Å². The lowest BCUT2D eigenvalue weighted by Gasteiger charge is -2.17. The fraction of sp³-hybridized carbons (Fsp3) is 0.133. The second-order valence-corrected chi connectivity index (χ2v) is 6.15. The molecule has 0 spiro atoms. The van der Waals surface area contributed by atoms with Gasteiger partial charge >= 0.3 is 0 Å². The molecule has 1 aliphatic heterocycles. The van der Waals surface area contributed by atoms with E-state index in [0.717, 1.165) is 22.4 Å². The molecule has 108 valence electrons. The minimum absolute atomic E-state index is 0.0451. The normalized spacial score (nSPS) is 14.8. The van der Waals surface area contributed by atoms with E-state index in [9.17, 15) is 4.79 Å². The van der Waals surface area contributed by atoms with Crippen molar-refractivity contribution in [2.75, 3.05) is 5.32 Å². The van der Waals surface area contributed by atoms with Gasteiger partial charge in [0.2, 0.25) is 5.91 Å². The summed E-state index contributed by atoms with van der Waals surface area (Å²) in [4.78, 5) is 11.4. The van der Waals surface area contributed by atoms with Crippen LogP contribution in [0.2, 0.25) is 15.1 Å². The number of nitrogens with one attached hydrogen (secondary N) is 1. The van der Waals surface area contributed by atoms with Gasteiger partial charge in [0, 0.05) is 20.8 Å². The second kappa shape index (κ2) is 5.50. The molecule has 3 rings (SSSR count).